The number of nitrogens with one attached hydrogen (secondary N) is 1. The highest BCUT2D eigenvalue weighted by Crippen LogP contribution is 2.34. The van der Waals surface area contributed by atoms with Crippen LogP contribution in [-0.2, 0) is 0 Å². The summed E-state index contributed by atoms with van der Waals surface area (Å²) in [5.41, 5.74) is 5.30. The zero-order valence-corrected chi connectivity index (χ0v) is 19.4. The molecule has 0 aromatic heterocycles. The molecule has 1 heterocycles. The first kappa shape index (κ1) is 22.9. The number of ether oxygens (including phenoxy) is 1. The van der Waals surface area contributed by atoms with Gasteiger partial charge in [-0.1, -0.05) is 24.6 Å². The molecule has 2 N–H and O–H groups in total. The van der Waals surface area contributed by atoms with Crippen molar-refractivity contribution in [1.82, 2.24) is 4.90 Å². The number of ketones is 1. The Hall–Kier alpha value is -3.31. The van der Waals surface area contributed by atoms with E-state index in [1.165, 1.54) is 32.4 Å². The number of carbonyl (C=O) groups excluding carboxylic acids is 1. The van der Waals surface area contributed by atoms with Gasteiger partial charge in [0, 0.05) is 29.4 Å². The van der Waals surface area contributed by atoms with Crippen LogP contribution >= 0.6 is 0 Å². The Balaban J connectivity index is 1.45. The molecule has 5 heteroatoms. The molecule has 5 nitrogen and oxygen atoms in total. The lowest BCUT2D eigenvalue weighted by Crippen LogP contribution is -2.33. The molecule has 0 radical (unpaired) electrons. The minimum absolute atomic E-state index is 0.0568. The number of nitrogens with zero attached hydrogens (tertiary/aromatic N) is 1. The van der Waals surface area contributed by atoms with Gasteiger partial charge in [-0.25, -0.2) is 0 Å². The molecule has 172 valence electrons. The molecule has 0 bridgehead atoms. The van der Waals surface area contributed by atoms with E-state index >= 15 is 0 Å². The highest BCUT2D eigenvalue weighted by Gasteiger charge is 2.12. The van der Waals surface area contributed by atoms with Gasteiger partial charge in [-0.2, -0.15) is 0 Å². The molecule has 1 aliphatic heterocycles. The van der Waals surface area contributed by atoms with Crippen molar-refractivity contribution in [3.05, 3.63) is 71.8 Å². The maximum atomic E-state index is 11.8. The number of carbonyl (C=O) groups is 1. The minimum Gasteiger partial charge on any atom is -0.508 e. The van der Waals surface area contributed by atoms with E-state index in [9.17, 15) is 9.90 Å². The predicted molar refractivity (Wildman–Crippen MR) is 134 cm³/mol. The highest BCUT2D eigenvalue weighted by molar-refractivity contribution is 5.96. The Labute approximate surface area is 196 Å². The van der Waals surface area contributed by atoms with Gasteiger partial charge in [0.1, 0.15) is 18.1 Å². The molecular formula is C28H32N2O3. The van der Waals surface area contributed by atoms with Crippen LogP contribution < -0.4 is 10.1 Å². The maximum Gasteiger partial charge on any atom is 0.160 e. The average Bonchev–Trinajstić information content (AvgIpc) is 2.81. The van der Waals surface area contributed by atoms with Crippen LogP contribution in [0.1, 0.15) is 42.1 Å². The zero-order valence-electron chi connectivity index (χ0n) is 19.4. The number of phenolic OH excluding ortho intramolecular Hbond substituents is 1. The molecule has 0 amide bonds. The third-order valence-corrected chi connectivity index (χ3v) is 6.18. The summed E-state index contributed by atoms with van der Waals surface area (Å²) in [6.45, 7) is 7.53. The van der Waals surface area contributed by atoms with Crippen molar-refractivity contribution in [2.75, 3.05) is 31.6 Å². The van der Waals surface area contributed by atoms with E-state index in [4.69, 9.17) is 4.74 Å². The standard InChI is InChI=1S/C28H32N2O3/c1-20-18-22(6-12-26(20)21(2)31)27-13-9-24(32)19-28(27)29-23-7-10-25(11-8-23)33-17-16-30-14-4-3-5-15-30/h6-13,18-19,29,32H,3-5,14-17H2,1-2H3. The first-order valence-corrected chi connectivity index (χ1v) is 11.7. The van der Waals surface area contributed by atoms with E-state index in [1.54, 1.807) is 19.1 Å². The molecule has 0 atom stereocenters. The van der Waals surface area contributed by atoms with E-state index in [0.717, 1.165) is 45.9 Å². The molecule has 3 aromatic rings. The zero-order chi connectivity index (χ0) is 23.2. The molecular weight excluding hydrogens is 412 g/mol. The highest BCUT2D eigenvalue weighted by atomic mass is 16.5. The Kier molecular flexibility index (Phi) is 7.30. The Bertz CT molecular complexity index is 1100. The molecule has 1 saturated heterocycles. The minimum atomic E-state index is 0.0568. The molecule has 0 saturated carbocycles. The summed E-state index contributed by atoms with van der Waals surface area (Å²) in [5.74, 6) is 1.10. The quantitative estimate of drug-likeness (QED) is 0.406. The number of aromatic hydroxyl groups is 1. The predicted octanol–water partition coefficient (Wildman–Crippen LogP) is 6.18. The van der Waals surface area contributed by atoms with Crippen LogP contribution in [-0.4, -0.2) is 42.0 Å². The molecule has 0 spiro atoms. The van der Waals surface area contributed by atoms with Gasteiger partial charge in [-0.3, -0.25) is 9.69 Å². The average molecular weight is 445 g/mol. The normalized spacial score (nSPS) is 14.1. The first-order chi connectivity index (χ1) is 16.0. The van der Waals surface area contributed by atoms with Crippen molar-refractivity contribution >= 4 is 17.2 Å². The van der Waals surface area contributed by atoms with E-state index in [0.29, 0.717) is 6.61 Å². The number of aryl methyl sites for hydroxylation is 1. The van der Waals surface area contributed by atoms with Crippen molar-refractivity contribution in [1.29, 1.82) is 0 Å². The molecule has 0 aliphatic carbocycles. The van der Waals surface area contributed by atoms with E-state index in [2.05, 4.69) is 10.2 Å². The Morgan fingerprint density at radius 1 is 1.00 bits per heavy atom. The number of phenols is 1. The second-order valence-electron chi connectivity index (χ2n) is 8.72. The van der Waals surface area contributed by atoms with Crippen LogP contribution in [0.3, 0.4) is 0 Å². The number of Topliss-reactive ketones (excluding diaryl/α,β-unsaturated/α-hetero) is 1. The Morgan fingerprint density at radius 2 is 1.76 bits per heavy atom. The monoisotopic (exact) mass is 444 g/mol. The van der Waals surface area contributed by atoms with Gasteiger partial charge in [0.2, 0.25) is 0 Å². The largest absolute Gasteiger partial charge is 0.508 e. The van der Waals surface area contributed by atoms with Crippen molar-refractivity contribution < 1.29 is 14.6 Å². The van der Waals surface area contributed by atoms with Crippen LogP contribution in [0.4, 0.5) is 11.4 Å². The van der Waals surface area contributed by atoms with Crippen molar-refractivity contribution in [3.63, 3.8) is 0 Å². The van der Waals surface area contributed by atoms with Crippen LogP contribution in [0.5, 0.6) is 11.5 Å². The number of hydrogen-bond acceptors (Lipinski definition) is 5. The summed E-state index contributed by atoms with van der Waals surface area (Å²) in [4.78, 5) is 14.2. The topological polar surface area (TPSA) is 61.8 Å². The van der Waals surface area contributed by atoms with Crippen molar-refractivity contribution in [2.24, 2.45) is 0 Å². The van der Waals surface area contributed by atoms with Gasteiger partial charge in [0.25, 0.3) is 0 Å². The lowest BCUT2D eigenvalue weighted by atomic mass is 9.97. The van der Waals surface area contributed by atoms with Crippen LogP contribution in [0.25, 0.3) is 11.1 Å². The summed E-state index contributed by atoms with van der Waals surface area (Å²) in [7, 11) is 0. The number of piperidine rings is 1. The summed E-state index contributed by atoms with van der Waals surface area (Å²) < 4.78 is 5.93. The molecule has 0 unspecified atom stereocenters. The SMILES string of the molecule is CC(=O)c1ccc(-c2ccc(O)cc2Nc2ccc(OCCN3CCCCC3)cc2)cc1C. The third-order valence-electron chi connectivity index (χ3n) is 6.18. The maximum absolute atomic E-state index is 11.8. The fraction of sp³-hybridized carbons (Fsp3) is 0.321. The van der Waals surface area contributed by atoms with Gasteiger partial charge >= 0.3 is 0 Å². The van der Waals surface area contributed by atoms with E-state index < -0.39 is 0 Å². The second-order valence-corrected chi connectivity index (χ2v) is 8.72. The second kappa shape index (κ2) is 10.5. The number of likely N-dealkylation sites (tertiary alicyclic amines) is 1. The van der Waals surface area contributed by atoms with Crippen molar-refractivity contribution in [2.45, 2.75) is 33.1 Å². The number of rotatable bonds is 8. The molecule has 1 aliphatic rings. The van der Waals surface area contributed by atoms with Crippen LogP contribution in [0.2, 0.25) is 0 Å². The van der Waals surface area contributed by atoms with E-state index in [-0.39, 0.29) is 11.5 Å². The van der Waals surface area contributed by atoms with Gasteiger partial charge < -0.3 is 15.2 Å². The smallest absolute Gasteiger partial charge is 0.160 e. The molecule has 3 aromatic carbocycles. The fourth-order valence-corrected chi connectivity index (χ4v) is 4.38. The molecule has 4 rings (SSSR count). The summed E-state index contributed by atoms with van der Waals surface area (Å²) in [6.07, 6.45) is 3.92. The summed E-state index contributed by atoms with van der Waals surface area (Å²) in [5, 5.41) is 13.5. The summed E-state index contributed by atoms with van der Waals surface area (Å²) >= 11 is 0. The number of anilines is 2. The third kappa shape index (κ3) is 5.93. The van der Waals surface area contributed by atoms with Gasteiger partial charge in [0.15, 0.2) is 5.78 Å². The number of benzene rings is 3. The summed E-state index contributed by atoms with van der Waals surface area (Å²) in [6, 6.07) is 19.0. The first-order valence-electron chi connectivity index (χ1n) is 11.7. The number of hydrogen-bond donors (Lipinski definition) is 2. The Morgan fingerprint density at radius 3 is 2.45 bits per heavy atom. The van der Waals surface area contributed by atoms with Gasteiger partial charge in [-0.05, 0) is 87.3 Å². The molecule has 1 fully saturated rings. The lowest BCUT2D eigenvalue weighted by Gasteiger charge is -2.26. The van der Waals surface area contributed by atoms with Gasteiger partial charge in [-0.15, -0.1) is 0 Å². The van der Waals surface area contributed by atoms with Crippen LogP contribution in [0.15, 0.2) is 60.7 Å². The van der Waals surface area contributed by atoms with E-state index in [1.807, 2.05) is 55.5 Å². The van der Waals surface area contributed by atoms with Gasteiger partial charge in [0.05, 0.1) is 5.69 Å². The van der Waals surface area contributed by atoms with Crippen molar-refractivity contribution in [3.8, 4) is 22.6 Å². The van der Waals surface area contributed by atoms with Crippen LogP contribution in [0, 0.1) is 6.92 Å². The molecule has 33 heavy (non-hydrogen) atoms. The fourth-order valence-electron chi connectivity index (χ4n) is 4.38. The lowest BCUT2D eigenvalue weighted by molar-refractivity contribution is 0.101.